The van der Waals surface area contributed by atoms with Crippen molar-refractivity contribution in [3.63, 3.8) is 0 Å². The molecule has 1 unspecified atom stereocenters. The molecule has 0 amide bonds. The summed E-state index contributed by atoms with van der Waals surface area (Å²) in [5.41, 5.74) is 1.54. The van der Waals surface area contributed by atoms with Crippen LogP contribution in [0.15, 0.2) is 28.1 Å². The minimum absolute atomic E-state index is 0.0357. The molecule has 0 N–H and O–H groups in total. The lowest BCUT2D eigenvalue weighted by Crippen LogP contribution is -1.92. The van der Waals surface area contributed by atoms with Crippen molar-refractivity contribution in [3.8, 4) is 0 Å². The van der Waals surface area contributed by atoms with Crippen LogP contribution in [0.3, 0.4) is 0 Å². The van der Waals surface area contributed by atoms with Gasteiger partial charge in [-0.25, -0.2) is 4.39 Å². The van der Waals surface area contributed by atoms with Crippen molar-refractivity contribution in [2.24, 2.45) is 0 Å². The topological polar surface area (TPSA) is 0 Å². The van der Waals surface area contributed by atoms with Crippen LogP contribution in [-0.2, 0) is 0 Å². The third kappa shape index (κ3) is 2.92. The maximum absolute atomic E-state index is 13.5. The number of benzene rings is 1. The molecular weight excluding hydrogens is 390 g/mol. The van der Waals surface area contributed by atoms with Crippen molar-refractivity contribution in [1.82, 2.24) is 0 Å². The predicted molar refractivity (Wildman–Crippen MR) is 78.9 cm³/mol. The lowest BCUT2D eigenvalue weighted by molar-refractivity contribution is 0.616. The van der Waals surface area contributed by atoms with Crippen LogP contribution in [0, 0.1) is 12.7 Å². The number of thiophene rings is 1. The Kier molecular flexibility index (Phi) is 4.29. The maximum Gasteiger partial charge on any atom is 0.126 e. The highest BCUT2D eigenvalue weighted by Crippen LogP contribution is 2.41. The zero-order chi connectivity index (χ0) is 12.6. The van der Waals surface area contributed by atoms with Crippen LogP contribution < -0.4 is 0 Å². The Balaban J connectivity index is 2.36. The molecule has 0 aliphatic carbocycles. The van der Waals surface area contributed by atoms with Crippen molar-refractivity contribution in [2.75, 3.05) is 0 Å². The highest BCUT2D eigenvalue weighted by atomic mass is 79.9. The first-order chi connectivity index (χ1) is 7.99. The van der Waals surface area contributed by atoms with Crippen LogP contribution in [0.2, 0.25) is 5.02 Å². The van der Waals surface area contributed by atoms with Gasteiger partial charge in [0, 0.05) is 4.88 Å². The van der Waals surface area contributed by atoms with Crippen LogP contribution in [0.25, 0.3) is 0 Å². The molecule has 0 saturated carbocycles. The second kappa shape index (κ2) is 5.39. The summed E-state index contributed by atoms with van der Waals surface area (Å²) < 4.78 is 14.4. The number of hydrogen-bond acceptors (Lipinski definition) is 1. The standard InChI is InChI=1S/C12H8Br2ClFS/c1-6-2-3-7(4-9(6)16)11(13)10-5-8(15)12(14)17-10/h2-5,11H,1H3. The third-order valence-corrected chi connectivity index (χ3v) is 6.27. The predicted octanol–water partition coefficient (Wildman–Crippen LogP) is 6.10. The molecule has 1 aromatic heterocycles. The molecule has 0 nitrogen and oxygen atoms in total. The number of halogens is 4. The number of rotatable bonds is 2. The van der Waals surface area contributed by atoms with E-state index in [1.165, 1.54) is 0 Å². The van der Waals surface area contributed by atoms with Crippen LogP contribution in [0.1, 0.15) is 20.8 Å². The van der Waals surface area contributed by atoms with Gasteiger partial charge < -0.3 is 0 Å². The van der Waals surface area contributed by atoms with E-state index in [1.54, 1.807) is 30.4 Å². The normalized spacial score (nSPS) is 12.8. The van der Waals surface area contributed by atoms with E-state index < -0.39 is 0 Å². The van der Waals surface area contributed by atoms with Crippen molar-refractivity contribution in [3.05, 3.63) is 54.9 Å². The molecule has 0 radical (unpaired) electrons. The van der Waals surface area contributed by atoms with Crippen molar-refractivity contribution in [1.29, 1.82) is 0 Å². The van der Waals surface area contributed by atoms with Gasteiger partial charge in [-0.1, -0.05) is 39.7 Å². The summed E-state index contributed by atoms with van der Waals surface area (Å²) in [6, 6.07) is 7.13. The van der Waals surface area contributed by atoms with Gasteiger partial charge >= 0.3 is 0 Å². The summed E-state index contributed by atoms with van der Waals surface area (Å²) in [4.78, 5) is 1.01. The van der Waals surface area contributed by atoms with Gasteiger partial charge in [-0.2, -0.15) is 0 Å². The highest BCUT2D eigenvalue weighted by Gasteiger charge is 2.16. The number of alkyl halides is 1. The largest absolute Gasteiger partial charge is 0.207 e. The van der Waals surface area contributed by atoms with Crippen molar-refractivity contribution in [2.45, 2.75) is 11.8 Å². The van der Waals surface area contributed by atoms with E-state index in [2.05, 4.69) is 31.9 Å². The first-order valence-corrected chi connectivity index (χ1v) is 7.74. The Hall–Kier alpha value is 0.1000. The van der Waals surface area contributed by atoms with Crippen molar-refractivity contribution >= 4 is 54.8 Å². The molecule has 0 bridgehead atoms. The summed E-state index contributed by atoms with van der Waals surface area (Å²) >= 11 is 14.5. The van der Waals surface area contributed by atoms with Gasteiger partial charge in [0.05, 0.1) is 13.6 Å². The molecule has 1 atom stereocenters. The monoisotopic (exact) mass is 396 g/mol. The summed E-state index contributed by atoms with van der Waals surface area (Å²) in [5.74, 6) is -0.186. The van der Waals surface area contributed by atoms with Gasteiger partial charge in [0.1, 0.15) is 5.82 Å². The molecule has 0 aliphatic rings. The third-order valence-electron chi connectivity index (χ3n) is 2.40. The van der Waals surface area contributed by atoms with E-state index in [0.717, 1.165) is 14.2 Å². The first-order valence-electron chi connectivity index (χ1n) is 4.84. The van der Waals surface area contributed by atoms with Crippen LogP contribution in [0.4, 0.5) is 4.39 Å². The Labute approximate surface area is 125 Å². The SMILES string of the molecule is Cc1ccc(C(Br)c2cc(Cl)c(Br)s2)cc1F. The first kappa shape index (κ1) is 13.5. The molecule has 0 spiro atoms. The van der Waals surface area contributed by atoms with E-state index >= 15 is 0 Å². The summed E-state index contributed by atoms with van der Waals surface area (Å²) in [5, 5.41) is 0.682. The molecule has 90 valence electrons. The molecule has 0 fully saturated rings. The summed E-state index contributed by atoms with van der Waals surface area (Å²) in [6.45, 7) is 1.75. The fraction of sp³-hybridized carbons (Fsp3) is 0.167. The zero-order valence-electron chi connectivity index (χ0n) is 8.81. The highest BCUT2D eigenvalue weighted by molar-refractivity contribution is 9.11. The fourth-order valence-electron chi connectivity index (χ4n) is 1.42. The lowest BCUT2D eigenvalue weighted by Gasteiger charge is -2.08. The van der Waals surface area contributed by atoms with E-state index in [0.29, 0.717) is 10.6 Å². The van der Waals surface area contributed by atoms with Gasteiger partial charge in [-0.15, -0.1) is 11.3 Å². The molecule has 0 aliphatic heterocycles. The molecule has 2 aromatic rings. The number of hydrogen-bond donors (Lipinski definition) is 0. The van der Waals surface area contributed by atoms with Gasteiger partial charge in [-0.05, 0) is 46.1 Å². The summed E-state index contributed by atoms with van der Waals surface area (Å²) in [7, 11) is 0. The molecule has 5 heteroatoms. The van der Waals surface area contributed by atoms with Gasteiger partial charge in [0.2, 0.25) is 0 Å². The molecule has 1 heterocycles. The quantitative estimate of drug-likeness (QED) is 0.537. The maximum atomic E-state index is 13.5. The van der Waals surface area contributed by atoms with Crippen LogP contribution >= 0.6 is 54.8 Å². The molecular formula is C12H8Br2ClFS. The zero-order valence-corrected chi connectivity index (χ0v) is 13.6. The van der Waals surface area contributed by atoms with Gasteiger partial charge in [0.25, 0.3) is 0 Å². The average Bonchev–Trinajstić information content (AvgIpc) is 2.62. The smallest absolute Gasteiger partial charge is 0.126 e. The van der Waals surface area contributed by atoms with E-state index in [-0.39, 0.29) is 10.6 Å². The van der Waals surface area contributed by atoms with Crippen molar-refractivity contribution < 1.29 is 4.39 Å². The minimum atomic E-state index is -0.186. The summed E-state index contributed by atoms with van der Waals surface area (Å²) in [6.07, 6.45) is 0. The average molecular weight is 399 g/mol. The lowest BCUT2D eigenvalue weighted by atomic mass is 10.1. The Morgan fingerprint density at radius 1 is 1.35 bits per heavy atom. The second-order valence-electron chi connectivity index (χ2n) is 3.64. The molecule has 17 heavy (non-hydrogen) atoms. The minimum Gasteiger partial charge on any atom is -0.207 e. The Morgan fingerprint density at radius 3 is 2.59 bits per heavy atom. The van der Waals surface area contributed by atoms with E-state index in [9.17, 15) is 4.39 Å². The molecule has 1 aromatic carbocycles. The van der Waals surface area contributed by atoms with Gasteiger partial charge in [0.15, 0.2) is 0 Å². The Morgan fingerprint density at radius 2 is 2.06 bits per heavy atom. The molecule has 0 saturated heterocycles. The van der Waals surface area contributed by atoms with E-state index in [1.807, 2.05) is 12.1 Å². The van der Waals surface area contributed by atoms with Gasteiger partial charge in [-0.3, -0.25) is 0 Å². The fourth-order valence-corrected chi connectivity index (χ4v) is 3.87. The Bertz CT molecular complexity index is 534. The van der Waals surface area contributed by atoms with E-state index in [4.69, 9.17) is 11.6 Å². The van der Waals surface area contributed by atoms with Crippen LogP contribution in [-0.4, -0.2) is 0 Å². The van der Waals surface area contributed by atoms with Crippen LogP contribution in [0.5, 0.6) is 0 Å². The second-order valence-corrected chi connectivity index (χ2v) is 7.37. The molecule has 2 rings (SSSR count). The number of aryl methyl sites for hydroxylation is 1.